The maximum atomic E-state index is 10.8. The van der Waals surface area contributed by atoms with Crippen LogP contribution in [-0.4, -0.2) is 11.9 Å². The normalized spacial score (nSPS) is 22.9. The molecule has 1 heterocycles. The van der Waals surface area contributed by atoms with Crippen LogP contribution in [-0.2, 0) is 9.53 Å². The SMILES string of the molecule is C#CC1=CCCC(C(C)=O)O1. The van der Waals surface area contributed by atoms with Crippen molar-refractivity contribution in [1.29, 1.82) is 0 Å². The summed E-state index contributed by atoms with van der Waals surface area (Å²) in [5.74, 6) is 2.92. The van der Waals surface area contributed by atoms with E-state index in [1.54, 1.807) is 0 Å². The number of carbonyl (C=O) groups is 1. The van der Waals surface area contributed by atoms with Gasteiger partial charge in [0.15, 0.2) is 17.6 Å². The average Bonchev–Trinajstić information content (AvgIpc) is 2.05. The number of hydrogen-bond donors (Lipinski definition) is 0. The van der Waals surface area contributed by atoms with Crippen LogP contribution in [0, 0.1) is 12.3 Å². The molecule has 1 aliphatic rings. The molecular weight excluding hydrogens is 140 g/mol. The largest absolute Gasteiger partial charge is 0.475 e. The molecule has 0 aliphatic carbocycles. The molecular formula is C9H10O2. The summed E-state index contributed by atoms with van der Waals surface area (Å²) in [5, 5.41) is 0. The fourth-order valence-corrected chi connectivity index (χ4v) is 1.01. The molecule has 0 radical (unpaired) electrons. The fraction of sp³-hybridized carbons (Fsp3) is 0.444. The Morgan fingerprint density at radius 3 is 3.18 bits per heavy atom. The topological polar surface area (TPSA) is 26.3 Å². The summed E-state index contributed by atoms with van der Waals surface area (Å²) in [5.41, 5.74) is 0. The molecule has 2 nitrogen and oxygen atoms in total. The van der Waals surface area contributed by atoms with Gasteiger partial charge >= 0.3 is 0 Å². The number of hydrogen-bond acceptors (Lipinski definition) is 2. The first-order valence-electron chi connectivity index (χ1n) is 3.58. The van der Waals surface area contributed by atoms with E-state index in [2.05, 4.69) is 5.92 Å². The first-order valence-corrected chi connectivity index (χ1v) is 3.58. The Morgan fingerprint density at radius 1 is 1.91 bits per heavy atom. The van der Waals surface area contributed by atoms with Gasteiger partial charge in [-0.1, -0.05) is 0 Å². The molecule has 0 spiro atoms. The highest BCUT2D eigenvalue weighted by Crippen LogP contribution is 2.16. The van der Waals surface area contributed by atoms with Crippen LogP contribution in [0.1, 0.15) is 19.8 Å². The van der Waals surface area contributed by atoms with Gasteiger partial charge in [-0.05, 0) is 31.8 Å². The molecule has 0 bridgehead atoms. The zero-order valence-electron chi connectivity index (χ0n) is 6.46. The van der Waals surface area contributed by atoms with Crippen LogP contribution >= 0.6 is 0 Å². The molecule has 1 rings (SSSR count). The highest BCUT2D eigenvalue weighted by atomic mass is 16.5. The Bertz CT molecular complexity index is 232. The lowest BCUT2D eigenvalue weighted by Crippen LogP contribution is -2.23. The van der Waals surface area contributed by atoms with Crippen LogP contribution < -0.4 is 0 Å². The number of rotatable bonds is 1. The van der Waals surface area contributed by atoms with Crippen molar-refractivity contribution >= 4 is 5.78 Å². The third kappa shape index (κ3) is 1.84. The maximum absolute atomic E-state index is 10.8. The van der Waals surface area contributed by atoms with Gasteiger partial charge in [-0.15, -0.1) is 6.42 Å². The molecule has 11 heavy (non-hydrogen) atoms. The van der Waals surface area contributed by atoms with Crippen molar-refractivity contribution in [3.05, 3.63) is 11.8 Å². The highest BCUT2D eigenvalue weighted by Gasteiger charge is 2.18. The summed E-state index contributed by atoms with van der Waals surface area (Å²) in [6.45, 7) is 1.52. The van der Waals surface area contributed by atoms with Gasteiger partial charge in [0.25, 0.3) is 0 Å². The van der Waals surface area contributed by atoms with E-state index in [1.165, 1.54) is 6.92 Å². The molecule has 0 saturated heterocycles. The van der Waals surface area contributed by atoms with Gasteiger partial charge in [-0.3, -0.25) is 4.79 Å². The van der Waals surface area contributed by atoms with E-state index in [4.69, 9.17) is 11.2 Å². The molecule has 0 aromatic heterocycles. The van der Waals surface area contributed by atoms with E-state index in [-0.39, 0.29) is 11.9 Å². The van der Waals surface area contributed by atoms with Gasteiger partial charge in [0.2, 0.25) is 0 Å². The Hall–Kier alpha value is -1.23. The number of ketones is 1. The quantitative estimate of drug-likeness (QED) is 0.526. The first kappa shape index (κ1) is 7.87. The van der Waals surface area contributed by atoms with Gasteiger partial charge in [0, 0.05) is 0 Å². The number of allylic oxidation sites excluding steroid dienone is 2. The monoisotopic (exact) mass is 150 g/mol. The molecule has 1 unspecified atom stereocenters. The summed E-state index contributed by atoms with van der Waals surface area (Å²) >= 11 is 0. The Kier molecular flexibility index (Phi) is 2.32. The lowest BCUT2D eigenvalue weighted by Gasteiger charge is -2.19. The molecule has 0 N–H and O–H groups in total. The minimum Gasteiger partial charge on any atom is -0.475 e. The van der Waals surface area contributed by atoms with Crippen LogP contribution in [0.2, 0.25) is 0 Å². The van der Waals surface area contributed by atoms with Crippen molar-refractivity contribution in [3.63, 3.8) is 0 Å². The van der Waals surface area contributed by atoms with Crippen LogP contribution in [0.5, 0.6) is 0 Å². The second-order valence-corrected chi connectivity index (χ2v) is 2.51. The zero-order chi connectivity index (χ0) is 8.27. The first-order chi connectivity index (χ1) is 5.24. The lowest BCUT2D eigenvalue weighted by atomic mass is 10.1. The Morgan fingerprint density at radius 2 is 2.64 bits per heavy atom. The van der Waals surface area contributed by atoms with Crippen molar-refractivity contribution in [2.45, 2.75) is 25.9 Å². The number of carbonyl (C=O) groups excluding carboxylic acids is 1. The third-order valence-electron chi connectivity index (χ3n) is 1.62. The number of Topliss-reactive ketones (excluding diaryl/α,β-unsaturated/α-hetero) is 1. The smallest absolute Gasteiger partial charge is 0.170 e. The molecule has 1 atom stereocenters. The van der Waals surface area contributed by atoms with E-state index >= 15 is 0 Å². The second-order valence-electron chi connectivity index (χ2n) is 2.51. The maximum Gasteiger partial charge on any atom is 0.170 e. The van der Waals surface area contributed by atoms with E-state index < -0.39 is 0 Å². The van der Waals surface area contributed by atoms with Crippen molar-refractivity contribution in [3.8, 4) is 12.3 Å². The summed E-state index contributed by atoms with van der Waals surface area (Å²) in [6, 6.07) is 0. The molecule has 0 saturated carbocycles. The number of terminal acetylenes is 1. The lowest BCUT2D eigenvalue weighted by molar-refractivity contribution is -0.126. The highest BCUT2D eigenvalue weighted by molar-refractivity contribution is 5.80. The van der Waals surface area contributed by atoms with Crippen LogP contribution in [0.15, 0.2) is 11.8 Å². The van der Waals surface area contributed by atoms with Gasteiger partial charge in [0.1, 0.15) is 0 Å². The van der Waals surface area contributed by atoms with Gasteiger partial charge in [-0.2, -0.15) is 0 Å². The predicted molar refractivity (Wildman–Crippen MR) is 41.7 cm³/mol. The summed E-state index contributed by atoms with van der Waals surface area (Å²) < 4.78 is 5.17. The molecule has 0 aromatic rings. The summed E-state index contributed by atoms with van der Waals surface area (Å²) in [7, 11) is 0. The number of ether oxygens (including phenoxy) is 1. The van der Waals surface area contributed by atoms with Gasteiger partial charge < -0.3 is 4.74 Å². The molecule has 0 fully saturated rings. The summed E-state index contributed by atoms with van der Waals surface area (Å²) in [6.07, 6.45) is 8.22. The van der Waals surface area contributed by atoms with Crippen LogP contribution in [0.25, 0.3) is 0 Å². The third-order valence-corrected chi connectivity index (χ3v) is 1.62. The molecule has 2 heteroatoms. The van der Waals surface area contributed by atoms with E-state index in [9.17, 15) is 4.79 Å². The molecule has 0 amide bonds. The van der Waals surface area contributed by atoms with E-state index in [0.29, 0.717) is 5.76 Å². The predicted octanol–water partition coefficient (Wildman–Crippen LogP) is 1.27. The zero-order valence-corrected chi connectivity index (χ0v) is 6.46. The minimum atomic E-state index is -0.314. The van der Waals surface area contributed by atoms with Crippen molar-refractivity contribution in [2.75, 3.05) is 0 Å². The summed E-state index contributed by atoms with van der Waals surface area (Å²) in [4.78, 5) is 10.8. The Balaban J connectivity index is 2.62. The van der Waals surface area contributed by atoms with Crippen molar-refractivity contribution < 1.29 is 9.53 Å². The van der Waals surface area contributed by atoms with Crippen LogP contribution in [0.3, 0.4) is 0 Å². The van der Waals surface area contributed by atoms with Crippen LogP contribution in [0.4, 0.5) is 0 Å². The van der Waals surface area contributed by atoms with E-state index in [1.807, 2.05) is 6.08 Å². The van der Waals surface area contributed by atoms with Gasteiger partial charge in [-0.25, -0.2) is 0 Å². The average molecular weight is 150 g/mol. The van der Waals surface area contributed by atoms with Crippen molar-refractivity contribution in [2.24, 2.45) is 0 Å². The fourth-order valence-electron chi connectivity index (χ4n) is 1.01. The van der Waals surface area contributed by atoms with E-state index in [0.717, 1.165) is 12.8 Å². The van der Waals surface area contributed by atoms with Crippen molar-refractivity contribution in [1.82, 2.24) is 0 Å². The van der Waals surface area contributed by atoms with Gasteiger partial charge in [0.05, 0.1) is 0 Å². The second kappa shape index (κ2) is 3.25. The minimum absolute atomic E-state index is 0.0471. The molecule has 0 aromatic carbocycles. The standard InChI is InChI=1S/C9H10O2/c1-3-8-5-4-6-9(11-8)7(2)10/h1,5,9H,4,6H2,2H3. The molecule has 1 aliphatic heterocycles. The molecule has 58 valence electrons. The Labute approximate surface area is 66.2 Å².